The largest absolute Gasteiger partial charge is 0.374 e. The normalized spacial score (nSPS) is 23.0. The molecule has 0 radical (unpaired) electrons. The lowest BCUT2D eigenvalue weighted by Crippen LogP contribution is -2.65. The van der Waals surface area contributed by atoms with Crippen molar-refractivity contribution in [1.82, 2.24) is 4.98 Å². The molecule has 0 aliphatic carbocycles. The molecule has 0 amide bonds. The van der Waals surface area contributed by atoms with Gasteiger partial charge >= 0.3 is 0 Å². The van der Waals surface area contributed by atoms with Crippen LogP contribution in [0, 0.1) is 0 Å². The molecule has 2 aliphatic rings. The summed E-state index contributed by atoms with van der Waals surface area (Å²) in [5.74, 6) is -1.28. The predicted octanol–water partition coefficient (Wildman–Crippen LogP) is 8.22. The van der Waals surface area contributed by atoms with Crippen molar-refractivity contribution in [2.45, 2.75) is 63.2 Å². The molecule has 7 nitrogen and oxygen atoms in total. The fourth-order valence-electron chi connectivity index (χ4n) is 7.02. The lowest BCUT2D eigenvalue weighted by molar-refractivity contribution is -0.387. The maximum absolute atomic E-state index is 7.22. The van der Waals surface area contributed by atoms with Crippen LogP contribution in [0.25, 0.3) is 10.9 Å². The fraction of sp³-hybridized carbons (Fsp3) is 0.256. The molecule has 2 aliphatic heterocycles. The van der Waals surface area contributed by atoms with Crippen molar-refractivity contribution in [3.8, 4) is 0 Å². The third-order valence-electron chi connectivity index (χ3n) is 9.52. The topological polar surface area (TPSA) is 71.2 Å². The van der Waals surface area contributed by atoms with Crippen molar-refractivity contribution in [2.75, 3.05) is 6.61 Å². The average Bonchev–Trinajstić information content (AvgIpc) is 3.78. The first kappa shape index (κ1) is 32.6. The Morgan fingerprint density at radius 1 is 0.600 bits per heavy atom. The number of rotatable bonds is 13. The number of aromatic amines is 1. The highest BCUT2D eigenvalue weighted by Crippen LogP contribution is 2.49. The van der Waals surface area contributed by atoms with Crippen molar-refractivity contribution in [2.24, 2.45) is 0 Å². The van der Waals surface area contributed by atoms with Crippen molar-refractivity contribution in [3.63, 3.8) is 0 Å². The zero-order valence-electron chi connectivity index (χ0n) is 27.9. The third kappa shape index (κ3) is 7.02. The SMILES string of the molecule is c1ccc(COC[C@H]2O[C@]3(OCc4cc5cc[nH]c5cc43)[C@H](OCc3ccccc3)[C@@H](OCc3ccccc3)[C@@H]2OCc2ccccc2)cc1. The first-order valence-corrected chi connectivity index (χ1v) is 17.3. The van der Waals surface area contributed by atoms with Gasteiger partial charge in [-0.2, -0.15) is 0 Å². The van der Waals surface area contributed by atoms with Crippen molar-refractivity contribution < 1.29 is 28.4 Å². The molecule has 50 heavy (non-hydrogen) atoms. The molecule has 1 spiro atoms. The first-order chi connectivity index (χ1) is 24.7. The molecule has 1 saturated heterocycles. The quantitative estimate of drug-likeness (QED) is 0.134. The summed E-state index contributed by atoms with van der Waals surface area (Å²) < 4.78 is 41.2. The van der Waals surface area contributed by atoms with Gasteiger partial charge in [-0.15, -0.1) is 0 Å². The van der Waals surface area contributed by atoms with Gasteiger partial charge < -0.3 is 33.4 Å². The number of hydrogen-bond acceptors (Lipinski definition) is 6. The number of aromatic nitrogens is 1. The Morgan fingerprint density at radius 3 is 1.74 bits per heavy atom. The van der Waals surface area contributed by atoms with Gasteiger partial charge in [-0.3, -0.25) is 0 Å². The second-order valence-corrected chi connectivity index (χ2v) is 12.9. The summed E-state index contributed by atoms with van der Waals surface area (Å²) in [7, 11) is 0. The molecule has 254 valence electrons. The number of benzene rings is 5. The Bertz CT molecular complexity index is 1950. The number of ether oxygens (including phenoxy) is 6. The molecule has 0 saturated carbocycles. The molecule has 1 N–H and O–H groups in total. The zero-order chi connectivity index (χ0) is 33.6. The average molecular weight is 668 g/mol. The summed E-state index contributed by atoms with van der Waals surface area (Å²) >= 11 is 0. The molecule has 5 aromatic carbocycles. The molecule has 1 fully saturated rings. The van der Waals surface area contributed by atoms with Crippen LogP contribution >= 0.6 is 0 Å². The Kier molecular flexibility index (Phi) is 9.85. The molecule has 1 aromatic heterocycles. The molecule has 8 rings (SSSR count). The summed E-state index contributed by atoms with van der Waals surface area (Å²) in [6.07, 6.45) is -0.427. The predicted molar refractivity (Wildman–Crippen MR) is 191 cm³/mol. The number of hydrogen-bond donors (Lipinski definition) is 1. The van der Waals surface area contributed by atoms with E-state index in [4.69, 9.17) is 28.4 Å². The van der Waals surface area contributed by atoms with Gasteiger partial charge in [0.2, 0.25) is 5.79 Å². The Hall–Kier alpha value is -4.60. The van der Waals surface area contributed by atoms with Crippen LogP contribution in [0.3, 0.4) is 0 Å². The molecular formula is C43H41NO6. The van der Waals surface area contributed by atoms with Crippen molar-refractivity contribution in [1.29, 1.82) is 0 Å². The van der Waals surface area contributed by atoms with Gasteiger partial charge in [0.15, 0.2) is 0 Å². The van der Waals surface area contributed by atoms with Gasteiger partial charge in [-0.05, 0) is 51.4 Å². The molecule has 5 atom stereocenters. The fourth-order valence-corrected chi connectivity index (χ4v) is 7.02. The van der Waals surface area contributed by atoms with Crippen LogP contribution in [0.4, 0.5) is 0 Å². The Morgan fingerprint density at radius 2 is 1.14 bits per heavy atom. The van der Waals surface area contributed by atoms with Crippen LogP contribution in [0.15, 0.2) is 146 Å². The van der Waals surface area contributed by atoms with Crippen LogP contribution in [-0.4, -0.2) is 36.0 Å². The van der Waals surface area contributed by atoms with E-state index in [1.165, 1.54) is 0 Å². The van der Waals surface area contributed by atoms with E-state index in [-0.39, 0.29) is 6.61 Å². The summed E-state index contributed by atoms with van der Waals surface area (Å²) in [5.41, 5.74) is 7.20. The van der Waals surface area contributed by atoms with E-state index in [1.807, 2.05) is 79.0 Å². The smallest absolute Gasteiger partial charge is 0.226 e. The van der Waals surface area contributed by atoms with E-state index in [2.05, 4.69) is 71.7 Å². The van der Waals surface area contributed by atoms with Gasteiger partial charge in [0, 0.05) is 17.3 Å². The van der Waals surface area contributed by atoms with E-state index in [1.54, 1.807) is 0 Å². The lowest BCUT2D eigenvalue weighted by atomic mass is 9.86. The van der Waals surface area contributed by atoms with Crippen LogP contribution in [0.2, 0.25) is 0 Å². The second-order valence-electron chi connectivity index (χ2n) is 12.9. The molecular weight excluding hydrogens is 626 g/mol. The highest BCUT2D eigenvalue weighted by atomic mass is 16.7. The van der Waals surface area contributed by atoms with Crippen LogP contribution in [0.1, 0.15) is 33.4 Å². The highest BCUT2D eigenvalue weighted by Gasteiger charge is 2.61. The summed E-state index contributed by atoms with van der Waals surface area (Å²) in [6, 6.07) is 47.1. The monoisotopic (exact) mass is 667 g/mol. The third-order valence-corrected chi connectivity index (χ3v) is 9.52. The van der Waals surface area contributed by atoms with Gasteiger partial charge in [0.25, 0.3) is 0 Å². The number of H-pyrrole nitrogens is 1. The van der Waals surface area contributed by atoms with Crippen LogP contribution < -0.4 is 0 Å². The Balaban J connectivity index is 1.20. The lowest BCUT2D eigenvalue weighted by Gasteiger charge is -2.51. The molecule has 7 heteroatoms. The van der Waals surface area contributed by atoms with E-state index < -0.39 is 30.2 Å². The molecule has 0 unspecified atom stereocenters. The number of nitrogens with one attached hydrogen (secondary N) is 1. The molecule has 3 heterocycles. The standard InChI is InChI=1S/C43H41NO6/c1-5-13-31(14-6-1)25-45-30-39-40(46-26-32-15-7-2-8-16-32)41(47-27-33-17-9-3-10-18-33)42(48-28-34-19-11-4-12-20-34)43(50-39)37-24-38-35(21-22-44-38)23-36(37)29-49-43/h1-24,39-42,44H,25-30H2/t39-,40-,41+,42-,43+/m1/s1. The first-order valence-electron chi connectivity index (χ1n) is 17.3. The zero-order valence-corrected chi connectivity index (χ0v) is 27.9. The van der Waals surface area contributed by atoms with Crippen LogP contribution in [0.5, 0.6) is 0 Å². The molecule has 6 aromatic rings. The summed E-state index contributed by atoms with van der Waals surface area (Å²) in [5, 5.41) is 1.12. The summed E-state index contributed by atoms with van der Waals surface area (Å²) in [6.45, 7) is 2.14. The minimum atomic E-state index is -1.28. The second kappa shape index (κ2) is 15.1. The summed E-state index contributed by atoms with van der Waals surface area (Å²) in [4.78, 5) is 3.38. The number of fused-ring (bicyclic) bond motifs is 3. The van der Waals surface area contributed by atoms with E-state index in [0.717, 1.165) is 44.3 Å². The van der Waals surface area contributed by atoms with Gasteiger partial charge in [0.1, 0.15) is 24.4 Å². The van der Waals surface area contributed by atoms with Crippen molar-refractivity contribution in [3.05, 3.63) is 179 Å². The highest BCUT2D eigenvalue weighted by molar-refractivity contribution is 5.81. The van der Waals surface area contributed by atoms with Crippen molar-refractivity contribution >= 4 is 10.9 Å². The van der Waals surface area contributed by atoms with Crippen LogP contribution in [-0.2, 0) is 67.2 Å². The van der Waals surface area contributed by atoms with E-state index in [0.29, 0.717) is 33.0 Å². The maximum Gasteiger partial charge on any atom is 0.226 e. The van der Waals surface area contributed by atoms with Gasteiger partial charge in [-0.1, -0.05) is 121 Å². The van der Waals surface area contributed by atoms with E-state index in [9.17, 15) is 0 Å². The van der Waals surface area contributed by atoms with E-state index >= 15 is 0 Å². The minimum absolute atomic E-state index is 0.260. The molecule has 0 bridgehead atoms. The van der Waals surface area contributed by atoms with Gasteiger partial charge in [-0.25, -0.2) is 0 Å². The maximum atomic E-state index is 7.22. The Labute approximate surface area is 292 Å². The minimum Gasteiger partial charge on any atom is -0.374 e. The van der Waals surface area contributed by atoms with Gasteiger partial charge in [0.05, 0.1) is 39.6 Å².